The highest BCUT2D eigenvalue weighted by Crippen LogP contribution is 2.29. The molecule has 0 radical (unpaired) electrons. The van der Waals surface area contributed by atoms with Gasteiger partial charge in [0.25, 0.3) is 5.88 Å². The summed E-state index contributed by atoms with van der Waals surface area (Å²) in [4.78, 5) is 26.0. The molecule has 4 atom stereocenters. The number of nitrogens with one attached hydrogen (secondary N) is 3. The second kappa shape index (κ2) is 10.4. The summed E-state index contributed by atoms with van der Waals surface area (Å²) in [6.45, 7) is 6.39. The largest absolute Gasteiger partial charge is 0.471 e. The molecular formula is C25H29N5O5. The summed E-state index contributed by atoms with van der Waals surface area (Å²) in [5, 5.41) is 28.9. The Bertz CT molecular complexity index is 1170. The second-order valence-electron chi connectivity index (χ2n) is 9.11. The van der Waals surface area contributed by atoms with Gasteiger partial charge in [-0.2, -0.15) is 5.26 Å². The minimum atomic E-state index is -0.824. The quantitative estimate of drug-likeness (QED) is 0.359. The third-order valence-electron chi connectivity index (χ3n) is 6.63. The van der Waals surface area contributed by atoms with Gasteiger partial charge in [-0.25, -0.2) is 5.48 Å². The van der Waals surface area contributed by atoms with E-state index in [4.69, 9.17) is 9.26 Å². The van der Waals surface area contributed by atoms with E-state index in [1.807, 2.05) is 32.1 Å². The van der Waals surface area contributed by atoms with Gasteiger partial charge >= 0.3 is 0 Å². The number of hydrogen-bond donors (Lipinski definition) is 4. The molecule has 1 saturated heterocycles. The molecule has 2 aliphatic heterocycles. The lowest BCUT2D eigenvalue weighted by atomic mass is 9.81. The predicted molar refractivity (Wildman–Crippen MR) is 126 cm³/mol. The average Bonchev–Trinajstić information content (AvgIpc) is 3.27. The Labute approximate surface area is 203 Å². The Morgan fingerprint density at radius 1 is 1.23 bits per heavy atom. The first-order valence-electron chi connectivity index (χ1n) is 11.6. The molecule has 3 heterocycles. The molecule has 1 aromatic heterocycles. The Hall–Kier alpha value is -3.52. The van der Waals surface area contributed by atoms with Crippen LogP contribution in [0.25, 0.3) is 5.57 Å². The van der Waals surface area contributed by atoms with Crippen molar-refractivity contribution in [2.24, 2.45) is 5.92 Å². The second-order valence-corrected chi connectivity index (χ2v) is 9.11. The zero-order valence-corrected chi connectivity index (χ0v) is 19.9. The maximum Gasteiger partial charge on any atom is 0.254 e. The zero-order chi connectivity index (χ0) is 25.1. The van der Waals surface area contributed by atoms with Crippen molar-refractivity contribution < 1.29 is 24.1 Å². The standard InChI is InChI=1S/C25H29N5O5/c1-13-6-17(7-14(2)20(13)11-26)16-4-5-27-21(9-16)24(31)23-19(25(32)29-33)10-18(12-28-23)34-22-8-15(3)35-30-22/h4,6-8,18-19,21,23,27-28,33H,5,9-10,12H2,1-3H3,(H,29,32)/t18-,19-,21?,23-/m0/s1. The van der Waals surface area contributed by atoms with Crippen LogP contribution in [0, 0.1) is 38.0 Å². The summed E-state index contributed by atoms with van der Waals surface area (Å²) in [5.41, 5.74) is 6.14. The van der Waals surface area contributed by atoms with Gasteiger partial charge in [-0.3, -0.25) is 14.8 Å². The van der Waals surface area contributed by atoms with Gasteiger partial charge in [-0.15, -0.1) is 0 Å². The van der Waals surface area contributed by atoms with E-state index in [1.165, 1.54) is 0 Å². The van der Waals surface area contributed by atoms with Gasteiger partial charge in [-0.05, 0) is 61.0 Å². The van der Waals surface area contributed by atoms with Gasteiger partial charge in [0.2, 0.25) is 5.91 Å². The van der Waals surface area contributed by atoms with Crippen LogP contribution in [0.1, 0.15) is 40.9 Å². The smallest absolute Gasteiger partial charge is 0.254 e. The predicted octanol–water partition coefficient (Wildman–Crippen LogP) is 1.72. The van der Waals surface area contributed by atoms with Crippen molar-refractivity contribution >= 4 is 17.3 Å². The number of nitrogens with zero attached hydrogens (tertiary/aromatic N) is 2. The number of benzene rings is 1. The molecule has 10 nitrogen and oxygen atoms in total. The number of nitriles is 1. The maximum atomic E-state index is 13.5. The molecule has 1 aromatic carbocycles. The van der Waals surface area contributed by atoms with Gasteiger partial charge in [0.15, 0.2) is 5.78 Å². The molecule has 4 rings (SSSR count). The fourth-order valence-corrected chi connectivity index (χ4v) is 4.88. The Morgan fingerprint density at radius 3 is 2.60 bits per heavy atom. The summed E-state index contributed by atoms with van der Waals surface area (Å²) >= 11 is 0. The molecule has 1 fully saturated rings. The minimum Gasteiger partial charge on any atom is -0.471 e. The van der Waals surface area contributed by atoms with Gasteiger partial charge in [-0.1, -0.05) is 18.2 Å². The number of carbonyl (C=O) groups excluding carboxylic acids is 2. The van der Waals surface area contributed by atoms with E-state index in [0.29, 0.717) is 36.7 Å². The van der Waals surface area contributed by atoms with E-state index in [9.17, 15) is 20.1 Å². The summed E-state index contributed by atoms with van der Waals surface area (Å²) < 4.78 is 10.8. The number of aryl methyl sites for hydroxylation is 3. The topological polar surface area (TPSA) is 150 Å². The normalized spacial score (nSPS) is 24.3. The van der Waals surface area contributed by atoms with Crippen LogP contribution in [-0.2, 0) is 9.59 Å². The van der Waals surface area contributed by atoms with Crippen LogP contribution in [0.5, 0.6) is 5.88 Å². The summed E-state index contributed by atoms with van der Waals surface area (Å²) in [6, 6.07) is 6.52. The van der Waals surface area contributed by atoms with Crippen molar-refractivity contribution in [3.8, 4) is 11.9 Å². The first-order chi connectivity index (χ1) is 16.8. The van der Waals surface area contributed by atoms with Crippen molar-refractivity contribution in [3.63, 3.8) is 0 Å². The van der Waals surface area contributed by atoms with Crippen LogP contribution >= 0.6 is 0 Å². The molecule has 0 saturated carbocycles. The monoisotopic (exact) mass is 479 g/mol. The number of hydroxylamine groups is 1. The lowest BCUT2D eigenvalue weighted by molar-refractivity contribution is -0.140. The van der Waals surface area contributed by atoms with E-state index >= 15 is 0 Å². The minimum absolute atomic E-state index is 0.151. The first kappa shape index (κ1) is 24.6. The molecule has 4 N–H and O–H groups in total. The fourth-order valence-electron chi connectivity index (χ4n) is 4.88. The fraction of sp³-hybridized carbons (Fsp3) is 0.440. The molecule has 0 spiro atoms. The van der Waals surface area contributed by atoms with Gasteiger partial charge in [0, 0.05) is 19.2 Å². The average molecular weight is 480 g/mol. The molecule has 2 aromatic rings. The van der Waals surface area contributed by atoms with E-state index < -0.39 is 30.0 Å². The van der Waals surface area contributed by atoms with Crippen molar-refractivity contribution in [1.82, 2.24) is 21.3 Å². The maximum absolute atomic E-state index is 13.5. The lowest BCUT2D eigenvalue weighted by Crippen LogP contribution is -2.60. The third kappa shape index (κ3) is 5.27. The molecule has 0 aliphatic carbocycles. The number of rotatable bonds is 6. The molecule has 184 valence electrons. The van der Waals surface area contributed by atoms with E-state index in [1.54, 1.807) is 18.5 Å². The van der Waals surface area contributed by atoms with Crippen LogP contribution < -0.4 is 20.9 Å². The van der Waals surface area contributed by atoms with Crippen LogP contribution in [0.2, 0.25) is 0 Å². The molecule has 0 bridgehead atoms. The number of aromatic nitrogens is 1. The van der Waals surface area contributed by atoms with E-state index in [2.05, 4.69) is 21.9 Å². The van der Waals surface area contributed by atoms with Gasteiger partial charge < -0.3 is 19.9 Å². The number of ketones is 1. The van der Waals surface area contributed by atoms with E-state index in [-0.39, 0.29) is 12.2 Å². The van der Waals surface area contributed by atoms with Gasteiger partial charge in [0.05, 0.1) is 29.6 Å². The highest BCUT2D eigenvalue weighted by molar-refractivity contribution is 5.96. The first-order valence-corrected chi connectivity index (χ1v) is 11.6. The number of piperidine rings is 1. The number of ether oxygens (including phenoxy) is 1. The SMILES string of the molecule is Cc1cc(O[C@@H]2CN[C@H](C(=O)C3CC(c4cc(C)c(C#N)c(C)c4)=CCN3)[C@@H](C(=O)NO)C2)no1. The van der Waals surface area contributed by atoms with Crippen LogP contribution in [0.15, 0.2) is 28.8 Å². The van der Waals surface area contributed by atoms with Crippen LogP contribution in [0.3, 0.4) is 0 Å². The van der Waals surface area contributed by atoms with Crippen molar-refractivity contribution in [2.45, 2.75) is 51.8 Å². The lowest BCUT2D eigenvalue weighted by Gasteiger charge is -2.37. The van der Waals surface area contributed by atoms with Crippen molar-refractivity contribution in [3.05, 3.63) is 52.3 Å². The summed E-state index contributed by atoms with van der Waals surface area (Å²) in [7, 11) is 0. The van der Waals surface area contributed by atoms with E-state index in [0.717, 1.165) is 22.3 Å². The molecular weight excluding hydrogens is 450 g/mol. The highest BCUT2D eigenvalue weighted by Gasteiger charge is 2.42. The van der Waals surface area contributed by atoms with Crippen molar-refractivity contribution in [2.75, 3.05) is 13.1 Å². The Balaban J connectivity index is 1.48. The molecule has 2 aliphatic rings. The van der Waals surface area contributed by atoms with Crippen LogP contribution in [0.4, 0.5) is 0 Å². The summed E-state index contributed by atoms with van der Waals surface area (Å²) in [5.74, 6) is -0.720. The number of Topliss-reactive ketones (excluding diaryl/α,β-unsaturated/α-hetero) is 1. The number of hydrogen-bond acceptors (Lipinski definition) is 9. The summed E-state index contributed by atoms with van der Waals surface area (Å²) in [6.07, 6.45) is 2.30. The molecule has 1 unspecified atom stereocenters. The Morgan fingerprint density at radius 2 is 1.97 bits per heavy atom. The Kier molecular flexibility index (Phi) is 7.31. The van der Waals surface area contributed by atoms with Gasteiger partial charge in [0.1, 0.15) is 11.9 Å². The molecule has 10 heteroatoms. The zero-order valence-electron chi connectivity index (χ0n) is 19.9. The van der Waals surface area contributed by atoms with Crippen molar-refractivity contribution in [1.29, 1.82) is 5.26 Å². The third-order valence-corrected chi connectivity index (χ3v) is 6.63. The number of amides is 1. The van der Waals surface area contributed by atoms with Crippen LogP contribution in [-0.4, -0.2) is 53.3 Å². The highest BCUT2D eigenvalue weighted by atomic mass is 16.5. The number of carbonyl (C=O) groups is 2. The molecule has 1 amide bonds. The molecule has 35 heavy (non-hydrogen) atoms.